The van der Waals surface area contributed by atoms with Gasteiger partial charge in [-0.05, 0) is 0 Å². The van der Waals surface area contributed by atoms with Gasteiger partial charge < -0.3 is 0 Å². The van der Waals surface area contributed by atoms with Crippen LogP contribution < -0.4 is 0 Å². The van der Waals surface area contributed by atoms with Crippen LogP contribution in [0.1, 0.15) is 0 Å². The first-order chi connectivity index (χ1) is 4.88. The number of nitrogens with one attached hydrogen (secondary N) is 1. The second-order valence-electron chi connectivity index (χ2n) is 1.80. The third kappa shape index (κ3) is 0.570. The smallest absolute Gasteiger partial charge is 0.220 e. The molecule has 0 spiro atoms. The summed E-state index contributed by atoms with van der Waals surface area (Å²) in [5.41, 5.74) is 0.354. The van der Waals surface area contributed by atoms with E-state index in [0.717, 1.165) is 0 Å². The van der Waals surface area contributed by atoms with Crippen molar-refractivity contribution in [2.24, 2.45) is 0 Å². The van der Waals surface area contributed by atoms with Gasteiger partial charge in [0.1, 0.15) is 6.33 Å². The van der Waals surface area contributed by atoms with Gasteiger partial charge in [-0.25, -0.2) is 9.97 Å². The van der Waals surface area contributed by atoms with Crippen LogP contribution in [-0.2, 0) is 0 Å². The second kappa shape index (κ2) is 1.73. The normalized spacial score (nSPS) is 10.5. The summed E-state index contributed by atoms with van der Waals surface area (Å²) in [5.74, 6) is -0.490. The molecule has 0 amide bonds. The van der Waals surface area contributed by atoms with E-state index in [2.05, 4.69) is 20.2 Å². The van der Waals surface area contributed by atoms with Gasteiger partial charge in [0.2, 0.25) is 5.95 Å². The zero-order valence-corrected chi connectivity index (χ0v) is 4.87. The SMILES string of the molecule is Fc1[nH]nc2ncncc12. The molecule has 1 N–H and O–H groups in total. The van der Waals surface area contributed by atoms with Gasteiger partial charge in [-0.1, -0.05) is 0 Å². The first kappa shape index (κ1) is 5.28. The minimum Gasteiger partial charge on any atom is -0.250 e. The Kier molecular flexibility index (Phi) is 0.913. The first-order valence-electron chi connectivity index (χ1n) is 2.67. The molecule has 0 unspecified atom stereocenters. The summed E-state index contributed by atoms with van der Waals surface area (Å²) in [4.78, 5) is 7.34. The Bertz CT molecular complexity index is 355. The second-order valence-corrected chi connectivity index (χ2v) is 1.80. The molecule has 5 heteroatoms. The van der Waals surface area contributed by atoms with Crippen molar-refractivity contribution >= 4 is 11.0 Å². The number of nitrogens with zero attached hydrogens (tertiary/aromatic N) is 3. The van der Waals surface area contributed by atoms with Crippen molar-refractivity contribution in [3.05, 3.63) is 18.5 Å². The fourth-order valence-electron chi connectivity index (χ4n) is 0.729. The van der Waals surface area contributed by atoms with Gasteiger partial charge in [-0.3, -0.25) is 5.10 Å². The van der Waals surface area contributed by atoms with Crippen LogP contribution in [0.15, 0.2) is 12.5 Å². The molecule has 2 aromatic rings. The van der Waals surface area contributed by atoms with Crippen LogP contribution in [0.25, 0.3) is 11.0 Å². The van der Waals surface area contributed by atoms with Crippen LogP contribution in [0, 0.1) is 5.95 Å². The minimum atomic E-state index is -0.490. The zero-order chi connectivity index (χ0) is 6.97. The Labute approximate surface area is 55.1 Å². The maximum atomic E-state index is 12.5. The zero-order valence-electron chi connectivity index (χ0n) is 4.87. The molecule has 50 valence electrons. The highest BCUT2D eigenvalue weighted by atomic mass is 19.1. The van der Waals surface area contributed by atoms with Crippen molar-refractivity contribution in [2.75, 3.05) is 0 Å². The Morgan fingerprint density at radius 1 is 1.50 bits per heavy atom. The molecular weight excluding hydrogens is 135 g/mol. The van der Waals surface area contributed by atoms with Crippen LogP contribution in [-0.4, -0.2) is 20.2 Å². The highest BCUT2D eigenvalue weighted by molar-refractivity contribution is 5.72. The summed E-state index contributed by atoms with van der Waals surface area (Å²) in [5, 5.41) is 6.05. The lowest BCUT2D eigenvalue weighted by atomic mass is 10.4. The molecule has 0 aliphatic heterocycles. The van der Waals surface area contributed by atoms with Crippen molar-refractivity contribution < 1.29 is 4.39 Å². The Hall–Kier alpha value is -1.52. The molecule has 0 aliphatic carbocycles. The van der Waals surface area contributed by atoms with Crippen molar-refractivity contribution in [1.82, 2.24) is 20.2 Å². The van der Waals surface area contributed by atoms with Crippen LogP contribution >= 0.6 is 0 Å². The van der Waals surface area contributed by atoms with Crippen molar-refractivity contribution in [3.8, 4) is 0 Å². The molecule has 4 nitrogen and oxygen atoms in total. The lowest BCUT2D eigenvalue weighted by Crippen LogP contribution is -1.77. The number of rotatable bonds is 0. The summed E-state index contributed by atoms with van der Waals surface area (Å²) >= 11 is 0. The van der Waals surface area contributed by atoms with Gasteiger partial charge in [-0.15, -0.1) is 0 Å². The van der Waals surface area contributed by atoms with Gasteiger partial charge in [0, 0.05) is 6.20 Å². The molecule has 0 atom stereocenters. The molecular formula is C5H3FN4. The van der Waals surface area contributed by atoms with Crippen LogP contribution in [0.2, 0.25) is 0 Å². The molecule has 0 fully saturated rings. The van der Waals surface area contributed by atoms with E-state index < -0.39 is 5.95 Å². The summed E-state index contributed by atoms with van der Waals surface area (Å²) in [6.45, 7) is 0. The predicted molar refractivity (Wildman–Crippen MR) is 31.6 cm³/mol. The fourth-order valence-corrected chi connectivity index (χ4v) is 0.729. The van der Waals surface area contributed by atoms with Gasteiger partial charge in [-0.2, -0.15) is 9.49 Å². The Morgan fingerprint density at radius 3 is 3.20 bits per heavy atom. The summed E-state index contributed by atoms with van der Waals surface area (Å²) in [6, 6.07) is 0. The topological polar surface area (TPSA) is 54.5 Å². The van der Waals surface area contributed by atoms with Crippen LogP contribution in [0.5, 0.6) is 0 Å². The van der Waals surface area contributed by atoms with E-state index in [-0.39, 0.29) is 0 Å². The van der Waals surface area contributed by atoms with E-state index in [1.807, 2.05) is 0 Å². The monoisotopic (exact) mass is 138 g/mol. The molecule has 0 radical (unpaired) electrons. The van der Waals surface area contributed by atoms with Crippen molar-refractivity contribution in [1.29, 1.82) is 0 Å². The summed E-state index contributed by atoms with van der Waals surface area (Å²) < 4.78 is 12.5. The van der Waals surface area contributed by atoms with Gasteiger partial charge in [0.05, 0.1) is 5.39 Å². The minimum absolute atomic E-state index is 0.322. The molecule has 0 aromatic carbocycles. The van der Waals surface area contributed by atoms with E-state index in [4.69, 9.17) is 0 Å². The highest BCUT2D eigenvalue weighted by Crippen LogP contribution is 2.07. The average molecular weight is 138 g/mol. The van der Waals surface area contributed by atoms with E-state index >= 15 is 0 Å². The number of aromatic nitrogens is 4. The van der Waals surface area contributed by atoms with Gasteiger partial charge in [0.15, 0.2) is 5.65 Å². The van der Waals surface area contributed by atoms with Gasteiger partial charge in [0.25, 0.3) is 0 Å². The Balaban J connectivity index is 2.93. The van der Waals surface area contributed by atoms with Gasteiger partial charge >= 0.3 is 0 Å². The first-order valence-corrected chi connectivity index (χ1v) is 2.67. The molecule has 10 heavy (non-hydrogen) atoms. The van der Waals surface area contributed by atoms with Crippen LogP contribution in [0.3, 0.4) is 0 Å². The number of hydrogen-bond donors (Lipinski definition) is 1. The maximum absolute atomic E-state index is 12.5. The third-order valence-corrected chi connectivity index (χ3v) is 1.19. The van der Waals surface area contributed by atoms with Crippen molar-refractivity contribution in [2.45, 2.75) is 0 Å². The molecule has 2 heterocycles. The van der Waals surface area contributed by atoms with E-state index in [9.17, 15) is 4.39 Å². The predicted octanol–water partition coefficient (Wildman–Crippen LogP) is 0.492. The lowest BCUT2D eigenvalue weighted by molar-refractivity contribution is 0.588. The molecule has 0 saturated heterocycles. The highest BCUT2D eigenvalue weighted by Gasteiger charge is 2.02. The largest absolute Gasteiger partial charge is 0.250 e. The standard InChI is InChI=1S/C5H3FN4/c6-4-3-1-7-2-8-5(3)10-9-4/h1-2H,(H,7,8,9,10). The number of hydrogen-bond acceptors (Lipinski definition) is 3. The molecule has 0 bridgehead atoms. The quantitative estimate of drug-likeness (QED) is 0.576. The molecule has 0 saturated carbocycles. The molecule has 2 rings (SSSR count). The van der Waals surface area contributed by atoms with E-state index in [1.165, 1.54) is 12.5 Å². The number of fused-ring (bicyclic) bond motifs is 1. The molecule has 2 aromatic heterocycles. The van der Waals surface area contributed by atoms with Crippen LogP contribution in [0.4, 0.5) is 4.39 Å². The van der Waals surface area contributed by atoms with Crippen molar-refractivity contribution in [3.63, 3.8) is 0 Å². The summed E-state index contributed by atoms with van der Waals surface area (Å²) in [7, 11) is 0. The number of H-pyrrole nitrogens is 1. The Morgan fingerprint density at radius 2 is 2.40 bits per heavy atom. The number of aromatic amines is 1. The van der Waals surface area contributed by atoms with E-state index in [1.54, 1.807) is 0 Å². The maximum Gasteiger partial charge on any atom is 0.220 e. The lowest BCUT2D eigenvalue weighted by Gasteiger charge is -1.80. The molecule has 0 aliphatic rings. The fraction of sp³-hybridized carbons (Fsp3) is 0. The number of halogens is 1. The average Bonchev–Trinajstić information content (AvgIpc) is 2.34. The summed E-state index contributed by atoms with van der Waals surface area (Å²) in [6.07, 6.45) is 2.70. The third-order valence-electron chi connectivity index (χ3n) is 1.19. The van der Waals surface area contributed by atoms with E-state index in [0.29, 0.717) is 11.0 Å².